The first-order valence-electron chi connectivity index (χ1n) is 6.11. The summed E-state index contributed by atoms with van der Waals surface area (Å²) in [7, 11) is -3.23. The van der Waals surface area contributed by atoms with Crippen LogP contribution in [-0.4, -0.2) is 14.2 Å². The molecule has 20 heavy (non-hydrogen) atoms. The Kier molecular flexibility index (Phi) is 4.52. The van der Waals surface area contributed by atoms with Gasteiger partial charge in [-0.25, -0.2) is 8.42 Å². The molecule has 0 saturated heterocycles. The third-order valence-electron chi connectivity index (χ3n) is 2.67. The molecule has 2 aromatic rings. The molecular formula is C14H15ClN2O2S. The lowest BCUT2D eigenvalue weighted by atomic mass is 10.2. The molecule has 0 aromatic heterocycles. The van der Waals surface area contributed by atoms with E-state index in [0.717, 1.165) is 11.4 Å². The Labute approximate surface area is 123 Å². The normalized spacial score (nSPS) is 11.1. The number of benzene rings is 2. The maximum absolute atomic E-state index is 11.4. The Morgan fingerprint density at radius 3 is 1.85 bits per heavy atom. The Morgan fingerprint density at radius 1 is 0.900 bits per heavy atom. The molecule has 6 heteroatoms. The molecule has 0 radical (unpaired) electrons. The predicted molar refractivity (Wildman–Crippen MR) is 84.3 cm³/mol. The van der Waals surface area contributed by atoms with E-state index >= 15 is 0 Å². The Balaban J connectivity index is 2.07. The van der Waals surface area contributed by atoms with Crippen molar-refractivity contribution in [2.75, 3.05) is 15.8 Å². The fourth-order valence-corrected chi connectivity index (χ4v) is 2.34. The third kappa shape index (κ3) is 4.15. The first kappa shape index (κ1) is 14.7. The van der Waals surface area contributed by atoms with Crippen molar-refractivity contribution in [3.8, 4) is 0 Å². The van der Waals surface area contributed by atoms with E-state index in [1.54, 1.807) is 31.2 Å². The van der Waals surface area contributed by atoms with Crippen molar-refractivity contribution in [1.82, 2.24) is 0 Å². The van der Waals surface area contributed by atoms with Crippen molar-refractivity contribution in [3.05, 3.63) is 53.6 Å². The zero-order valence-corrected chi connectivity index (χ0v) is 12.5. The molecule has 0 saturated carbocycles. The van der Waals surface area contributed by atoms with Gasteiger partial charge in [0.25, 0.3) is 0 Å². The standard InChI is InChI=1S/C14H15ClN2O2S/c1-2-20(18,19)17-14-9-7-13(8-10-14)16-12-5-3-11(15)4-6-12/h3-10,16-17H,2H2,1H3. The minimum Gasteiger partial charge on any atom is -0.356 e. The largest absolute Gasteiger partial charge is 0.356 e. The number of sulfonamides is 1. The van der Waals surface area contributed by atoms with E-state index in [2.05, 4.69) is 10.0 Å². The summed E-state index contributed by atoms with van der Waals surface area (Å²) in [6.07, 6.45) is 0. The highest BCUT2D eigenvalue weighted by atomic mass is 35.5. The van der Waals surface area contributed by atoms with Crippen LogP contribution in [0.4, 0.5) is 17.1 Å². The Bertz CT molecular complexity index is 667. The second-order valence-corrected chi connectivity index (χ2v) is 6.66. The van der Waals surface area contributed by atoms with E-state index in [-0.39, 0.29) is 5.75 Å². The summed E-state index contributed by atoms with van der Waals surface area (Å²) in [5, 5.41) is 3.88. The SMILES string of the molecule is CCS(=O)(=O)Nc1ccc(Nc2ccc(Cl)cc2)cc1. The van der Waals surface area contributed by atoms with Crippen LogP contribution in [0.2, 0.25) is 5.02 Å². The molecule has 2 aromatic carbocycles. The highest BCUT2D eigenvalue weighted by molar-refractivity contribution is 7.92. The fourth-order valence-electron chi connectivity index (χ4n) is 1.57. The summed E-state index contributed by atoms with van der Waals surface area (Å²) in [5.74, 6) is 0.0533. The molecule has 2 rings (SSSR count). The topological polar surface area (TPSA) is 58.2 Å². The number of hydrogen-bond donors (Lipinski definition) is 2. The van der Waals surface area contributed by atoms with Gasteiger partial charge in [0.1, 0.15) is 0 Å². The molecule has 2 N–H and O–H groups in total. The molecule has 0 unspecified atom stereocenters. The zero-order valence-electron chi connectivity index (χ0n) is 10.9. The van der Waals surface area contributed by atoms with E-state index in [9.17, 15) is 8.42 Å². The average Bonchev–Trinajstić information content (AvgIpc) is 2.43. The third-order valence-corrected chi connectivity index (χ3v) is 4.23. The number of halogens is 1. The first-order valence-corrected chi connectivity index (χ1v) is 8.15. The van der Waals surface area contributed by atoms with Crippen molar-refractivity contribution in [3.63, 3.8) is 0 Å². The van der Waals surface area contributed by atoms with E-state index in [0.29, 0.717) is 10.7 Å². The van der Waals surface area contributed by atoms with Crippen molar-refractivity contribution in [2.24, 2.45) is 0 Å². The smallest absolute Gasteiger partial charge is 0.232 e. The lowest BCUT2D eigenvalue weighted by Crippen LogP contribution is -2.14. The lowest BCUT2D eigenvalue weighted by molar-refractivity contribution is 0.602. The van der Waals surface area contributed by atoms with Crippen molar-refractivity contribution < 1.29 is 8.42 Å². The van der Waals surface area contributed by atoms with E-state index in [1.165, 1.54) is 0 Å². The summed E-state index contributed by atoms with van der Waals surface area (Å²) >= 11 is 5.82. The fraction of sp³-hybridized carbons (Fsp3) is 0.143. The van der Waals surface area contributed by atoms with Gasteiger partial charge in [-0.05, 0) is 55.5 Å². The van der Waals surface area contributed by atoms with Gasteiger partial charge in [-0.15, -0.1) is 0 Å². The molecule has 0 aliphatic heterocycles. The first-order chi connectivity index (χ1) is 9.48. The summed E-state index contributed by atoms with van der Waals surface area (Å²) in [6, 6.07) is 14.4. The van der Waals surface area contributed by atoms with Crippen LogP contribution < -0.4 is 10.0 Å². The Morgan fingerprint density at radius 2 is 1.35 bits per heavy atom. The van der Waals surface area contributed by atoms with Crippen LogP contribution in [0.15, 0.2) is 48.5 Å². The highest BCUT2D eigenvalue weighted by Gasteiger charge is 2.06. The van der Waals surface area contributed by atoms with Gasteiger partial charge < -0.3 is 5.32 Å². The number of rotatable bonds is 5. The molecular weight excluding hydrogens is 296 g/mol. The monoisotopic (exact) mass is 310 g/mol. The minimum absolute atomic E-state index is 0.0533. The molecule has 0 spiro atoms. The Hall–Kier alpha value is -1.72. The molecule has 0 amide bonds. The molecule has 4 nitrogen and oxygen atoms in total. The quantitative estimate of drug-likeness (QED) is 0.882. The number of anilines is 3. The van der Waals surface area contributed by atoms with Gasteiger partial charge in [0, 0.05) is 22.1 Å². The molecule has 0 aliphatic rings. The van der Waals surface area contributed by atoms with E-state index in [1.807, 2.05) is 24.3 Å². The van der Waals surface area contributed by atoms with Crippen LogP contribution in [0, 0.1) is 0 Å². The highest BCUT2D eigenvalue weighted by Crippen LogP contribution is 2.21. The summed E-state index contributed by atoms with van der Waals surface area (Å²) < 4.78 is 25.4. The molecule has 0 heterocycles. The van der Waals surface area contributed by atoms with Gasteiger partial charge in [0.05, 0.1) is 5.75 Å². The van der Waals surface area contributed by atoms with Gasteiger partial charge in [0.2, 0.25) is 10.0 Å². The van der Waals surface area contributed by atoms with Crippen molar-refractivity contribution in [1.29, 1.82) is 0 Å². The van der Waals surface area contributed by atoms with Crippen molar-refractivity contribution >= 4 is 38.7 Å². The number of hydrogen-bond acceptors (Lipinski definition) is 3. The van der Waals surface area contributed by atoms with Crippen molar-refractivity contribution in [2.45, 2.75) is 6.92 Å². The van der Waals surface area contributed by atoms with Crippen LogP contribution >= 0.6 is 11.6 Å². The summed E-state index contributed by atoms with van der Waals surface area (Å²) in [5.41, 5.74) is 2.33. The molecule has 0 aliphatic carbocycles. The maximum Gasteiger partial charge on any atom is 0.232 e. The molecule has 0 fully saturated rings. The molecule has 0 atom stereocenters. The van der Waals surface area contributed by atoms with Gasteiger partial charge in [-0.2, -0.15) is 0 Å². The predicted octanol–water partition coefficient (Wildman–Crippen LogP) is 3.85. The van der Waals surface area contributed by atoms with Crippen LogP contribution in [-0.2, 0) is 10.0 Å². The van der Waals surface area contributed by atoms with Gasteiger partial charge >= 0.3 is 0 Å². The van der Waals surface area contributed by atoms with Crippen LogP contribution in [0.1, 0.15) is 6.92 Å². The summed E-state index contributed by atoms with van der Waals surface area (Å²) in [4.78, 5) is 0. The second-order valence-electron chi connectivity index (χ2n) is 4.21. The van der Waals surface area contributed by atoms with E-state index in [4.69, 9.17) is 11.6 Å². The van der Waals surface area contributed by atoms with Gasteiger partial charge in [-0.1, -0.05) is 11.6 Å². The second kappa shape index (κ2) is 6.15. The lowest BCUT2D eigenvalue weighted by Gasteiger charge is -2.09. The molecule has 106 valence electrons. The zero-order chi connectivity index (χ0) is 14.6. The van der Waals surface area contributed by atoms with Crippen LogP contribution in [0.5, 0.6) is 0 Å². The molecule has 0 bridgehead atoms. The van der Waals surface area contributed by atoms with Gasteiger partial charge in [-0.3, -0.25) is 4.72 Å². The number of nitrogens with one attached hydrogen (secondary N) is 2. The average molecular weight is 311 g/mol. The van der Waals surface area contributed by atoms with Gasteiger partial charge in [0.15, 0.2) is 0 Å². The summed E-state index contributed by atoms with van der Waals surface area (Å²) in [6.45, 7) is 1.60. The van der Waals surface area contributed by atoms with E-state index < -0.39 is 10.0 Å². The van der Waals surface area contributed by atoms with Crippen LogP contribution in [0.3, 0.4) is 0 Å². The maximum atomic E-state index is 11.4. The minimum atomic E-state index is -3.23. The van der Waals surface area contributed by atoms with Crippen LogP contribution in [0.25, 0.3) is 0 Å².